The quantitative estimate of drug-likeness (QED) is 0.258. The minimum Gasteiger partial charge on any atom is -0.338 e. The van der Waals surface area contributed by atoms with Crippen LogP contribution in [0.4, 0.5) is 5.69 Å². The maximum absolute atomic E-state index is 4.79. The van der Waals surface area contributed by atoms with E-state index in [9.17, 15) is 0 Å². The summed E-state index contributed by atoms with van der Waals surface area (Å²) in [5.74, 6) is 0.677. The number of nitrogens with one attached hydrogen (secondary N) is 1. The minimum absolute atomic E-state index is 0.449. The van der Waals surface area contributed by atoms with E-state index in [1.54, 1.807) is 10.9 Å². The summed E-state index contributed by atoms with van der Waals surface area (Å²) in [7, 11) is 0. The molecule has 1 aromatic carbocycles. The summed E-state index contributed by atoms with van der Waals surface area (Å²) in [4.78, 5) is 9.24. The molecule has 0 atom stereocenters. The molecule has 0 aliphatic carbocycles. The molecule has 3 rings (SSSR count). The topological polar surface area (TPSA) is 54.6 Å². The average molecular weight is 462 g/mol. The van der Waals surface area contributed by atoms with E-state index >= 15 is 0 Å². The van der Waals surface area contributed by atoms with Crippen LogP contribution < -0.4 is 5.32 Å². The van der Waals surface area contributed by atoms with Gasteiger partial charge in [0.1, 0.15) is 5.69 Å². The van der Waals surface area contributed by atoms with Crippen LogP contribution in [-0.2, 0) is 0 Å². The summed E-state index contributed by atoms with van der Waals surface area (Å²) in [6, 6.07) is 11.8. The third kappa shape index (κ3) is 5.42. The van der Waals surface area contributed by atoms with Gasteiger partial charge in [0.25, 0.3) is 0 Å². The summed E-state index contributed by atoms with van der Waals surface area (Å²) >= 11 is 3.54. The van der Waals surface area contributed by atoms with Crippen LogP contribution in [0.1, 0.15) is 19.5 Å². The second-order valence-corrected chi connectivity index (χ2v) is 7.87. The normalized spacial score (nSPS) is 11.6. The molecule has 0 saturated carbocycles. The molecular weight excluding hydrogens is 438 g/mol. The van der Waals surface area contributed by atoms with Crippen molar-refractivity contribution in [2.24, 2.45) is 10.1 Å². The number of rotatable bonds is 7. The van der Waals surface area contributed by atoms with Gasteiger partial charge in [-0.25, -0.2) is 4.68 Å². The number of pyridine rings is 1. The summed E-state index contributed by atoms with van der Waals surface area (Å²) in [6.45, 7) is 12.3. The van der Waals surface area contributed by atoms with Crippen molar-refractivity contribution >= 4 is 45.1 Å². The molecule has 0 aliphatic heterocycles. The highest BCUT2D eigenvalue weighted by Gasteiger charge is 2.11. The van der Waals surface area contributed by atoms with E-state index in [0.29, 0.717) is 12.4 Å². The van der Waals surface area contributed by atoms with Crippen molar-refractivity contribution in [3.05, 3.63) is 94.9 Å². The molecule has 30 heavy (non-hydrogen) atoms. The van der Waals surface area contributed by atoms with Gasteiger partial charge in [-0.3, -0.25) is 9.98 Å². The number of fused-ring (bicyclic) bond motifs is 1. The zero-order valence-corrected chi connectivity index (χ0v) is 18.7. The number of anilines is 1. The summed E-state index contributed by atoms with van der Waals surface area (Å²) in [5.41, 5.74) is 4.75. The van der Waals surface area contributed by atoms with Gasteiger partial charge in [-0.1, -0.05) is 46.3 Å². The molecule has 0 fully saturated rings. The monoisotopic (exact) mass is 461 g/mol. The first-order valence-electron chi connectivity index (χ1n) is 9.48. The van der Waals surface area contributed by atoms with Crippen LogP contribution in [0.3, 0.4) is 0 Å². The molecule has 3 aromatic rings. The zero-order chi connectivity index (χ0) is 21.5. The highest BCUT2D eigenvalue weighted by atomic mass is 79.9. The van der Waals surface area contributed by atoms with Gasteiger partial charge < -0.3 is 5.32 Å². The first kappa shape index (κ1) is 21.5. The van der Waals surface area contributed by atoms with Crippen LogP contribution in [0.25, 0.3) is 10.9 Å². The highest BCUT2D eigenvalue weighted by Crippen LogP contribution is 2.25. The molecule has 1 N–H and O–H groups in total. The number of hydrogen-bond acceptors (Lipinski definition) is 3. The maximum atomic E-state index is 4.79. The van der Waals surface area contributed by atoms with Crippen LogP contribution in [0.5, 0.6) is 0 Å². The molecule has 0 radical (unpaired) electrons. The van der Waals surface area contributed by atoms with E-state index < -0.39 is 0 Å². The SMILES string of the molecule is C=Nn1cccc1C(=NCC(=C)/C=C\C=C(C)C)Nc1ccnc2ccc(Br)cc12. The molecule has 0 unspecified atom stereocenters. The van der Waals surface area contributed by atoms with E-state index in [1.807, 2.05) is 60.8 Å². The Balaban J connectivity index is 1.96. The van der Waals surface area contributed by atoms with Crippen molar-refractivity contribution in [1.82, 2.24) is 9.66 Å². The number of benzene rings is 1. The van der Waals surface area contributed by atoms with E-state index in [2.05, 4.69) is 58.5 Å². The highest BCUT2D eigenvalue weighted by molar-refractivity contribution is 9.10. The van der Waals surface area contributed by atoms with Crippen molar-refractivity contribution in [2.45, 2.75) is 13.8 Å². The first-order valence-corrected chi connectivity index (χ1v) is 10.3. The van der Waals surface area contributed by atoms with Crippen molar-refractivity contribution in [3.8, 4) is 0 Å². The van der Waals surface area contributed by atoms with Crippen LogP contribution in [0, 0.1) is 0 Å². The van der Waals surface area contributed by atoms with Gasteiger partial charge in [0.2, 0.25) is 0 Å². The van der Waals surface area contributed by atoms with E-state index in [4.69, 9.17) is 4.99 Å². The standard InChI is InChI=1S/C24H24BrN5/c1-17(2)7-5-8-18(3)16-28-24(23-9-6-14-30(23)26-4)29-22-12-13-27-21-11-10-19(25)15-20(21)22/h5-15H,3-4,16H2,1-2H3,(H,27,28,29)/b8-5-. The fourth-order valence-corrected chi connectivity index (χ4v) is 3.19. The second kappa shape index (κ2) is 9.98. The van der Waals surface area contributed by atoms with Gasteiger partial charge in [0.15, 0.2) is 5.84 Å². The number of nitrogens with zero attached hydrogens (tertiary/aromatic N) is 4. The molecule has 2 heterocycles. The van der Waals surface area contributed by atoms with E-state index in [1.165, 1.54) is 5.57 Å². The zero-order valence-electron chi connectivity index (χ0n) is 17.1. The van der Waals surface area contributed by atoms with Crippen molar-refractivity contribution in [2.75, 3.05) is 11.9 Å². The summed E-state index contributed by atoms with van der Waals surface area (Å²) < 4.78 is 2.67. The van der Waals surface area contributed by atoms with Crippen molar-refractivity contribution in [3.63, 3.8) is 0 Å². The van der Waals surface area contributed by atoms with Crippen LogP contribution in [0.15, 0.2) is 99.3 Å². The molecular formula is C24H24BrN5. The molecule has 0 spiro atoms. The molecule has 0 aliphatic rings. The fraction of sp³-hybridized carbons (Fsp3) is 0.125. The lowest BCUT2D eigenvalue weighted by Crippen LogP contribution is -2.18. The van der Waals surface area contributed by atoms with Gasteiger partial charge in [0.05, 0.1) is 17.7 Å². The third-order valence-electron chi connectivity index (χ3n) is 4.28. The third-order valence-corrected chi connectivity index (χ3v) is 4.77. The Morgan fingerprint density at radius 2 is 2.10 bits per heavy atom. The second-order valence-electron chi connectivity index (χ2n) is 6.95. The van der Waals surface area contributed by atoms with Crippen LogP contribution in [0.2, 0.25) is 0 Å². The molecule has 0 saturated heterocycles. The van der Waals surface area contributed by atoms with E-state index in [0.717, 1.165) is 32.3 Å². The Morgan fingerprint density at radius 3 is 2.87 bits per heavy atom. The minimum atomic E-state index is 0.449. The number of aliphatic imine (C=N–C) groups is 1. The molecule has 6 heteroatoms. The number of allylic oxidation sites excluding steroid dienone is 3. The Hall–Kier alpha value is -3.25. The maximum Gasteiger partial charge on any atom is 0.152 e. The lowest BCUT2D eigenvalue weighted by Gasteiger charge is -2.13. The van der Waals surface area contributed by atoms with Gasteiger partial charge in [-0.05, 0) is 55.8 Å². The van der Waals surface area contributed by atoms with E-state index in [-0.39, 0.29) is 0 Å². The van der Waals surface area contributed by atoms with Gasteiger partial charge in [0, 0.05) is 29.0 Å². The van der Waals surface area contributed by atoms with Crippen LogP contribution >= 0.6 is 15.9 Å². The van der Waals surface area contributed by atoms with Gasteiger partial charge in [-0.15, -0.1) is 0 Å². The average Bonchev–Trinajstić information content (AvgIpc) is 3.19. The Bertz CT molecular complexity index is 1160. The van der Waals surface area contributed by atoms with Crippen molar-refractivity contribution in [1.29, 1.82) is 0 Å². The fourth-order valence-electron chi connectivity index (χ4n) is 2.83. The Labute approximate surface area is 185 Å². The smallest absolute Gasteiger partial charge is 0.152 e. The van der Waals surface area contributed by atoms with Gasteiger partial charge in [-0.2, -0.15) is 5.10 Å². The number of amidine groups is 1. The Morgan fingerprint density at radius 1 is 1.27 bits per heavy atom. The molecule has 2 aromatic heterocycles. The Kier molecular flexibility index (Phi) is 7.14. The first-order chi connectivity index (χ1) is 14.5. The summed E-state index contributed by atoms with van der Waals surface area (Å²) in [6.07, 6.45) is 9.62. The molecule has 5 nitrogen and oxygen atoms in total. The van der Waals surface area contributed by atoms with Gasteiger partial charge >= 0.3 is 0 Å². The predicted octanol–water partition coefficient (Wildman–Crippen LogP) is 6.20. The lowest BCUT2D eigenvalue weighted by molar-refractivity contribution is 0.885. The lowest BCUT2D eigenvalue weighted by atomic mass is 10.2. The number of halogens is 1. The van der Waals surface area contributed by atoms with Crippen molar-refractivity contribution < 1.29 is 0 Å². The van der Waals surface area contributed by atoms with Crippen LogP contribution in [-0.4, -0.2) is 28.8 Å². The number of aromatic nitrogens is 2. The largest absolute Gasteiger partial charge is 0.338 e. The molecule has 0 amide bonds. The number of hydrogen-bond donors (Lipinski definition) is 1. The molecule has 152 valence electrons. The molecule has 0 bridgehead atoms. The summed E-state index contributed by atoms with van der Waals surface area (Å²) in [5, 5.41) is 8.50. The predicted molar refractivity (Wildman–Crippen MR) is 132 cm³/mol.